The number of carbonyl (C=O) groups is 2. The third kappa shape index (κ3) is 4.82. The minimum atomic E-state index is -4.60. The first-order chi connectivity index (χ1) is 13.5. The van der Waals surface area contributed by atoms with E-state index in [1.54, 1.807) is 6.07 Å². The summed E-state index contributed by atoms with van der Waals surface area (Å²) in [5.74, 6) is -1.03. The molecule has 0 unspecified atom stereocenters. The number of benzene rings is 1. The summed E-state index contributed by atoms with van der Waals surface area (Å²) in [5.41, 5.74) is -0.260. The minimum Gasteiger partial charge on any atom is -0.361 e. The smallest absolute Gasteiger partial charge is 0.361 e. The van der Waals surface area contributed by atoms with Gasteiger partial charge in [0.2, 0.25) is 0 Å². The van der Waals surface area contributed by atoms with E-state index in [1.807, 2.05) is 35.8 Å². The second kappa shape index (κ2) is 7.69. The quantitative estimate of drug-likeness (QED) is 0.654. The summed E-state index contributed by atoms with van der Waals surface area (Å²) < 4.78 is 38.9. The van der Waals surface area contributed by atoms with Crippen molar-refractivity contribution in [3.63, 3.8) is 0 Å². The van der Waals surface area contributed by atoms with Gasteiger partial charge in [-0.15, -0.1) is 0 Å². The molecule has 3 rings (SSSR count). The van der Waals surface area contributed by atoms with Crippen molar-refractivity contribution in [2.75, 3.05) is 0 Å². The number of aromatic nitrogens is 2. The Labute approximate surface area is 165 Å². The lowest BCUT2D eigenvalue weighted by Gasteiger charge is -2.28. The molecule has 0 atom stereocenters. The van der Waals surface area contributed by atoms with Crippen LogP contribution in [0.1, 0.15) is 35.5 Å². The van der Waals surface area contributed by atoms with Gasteiger partial charge in [0.25, 0.3) is 5.91 Å². The summed E-state index contributed by atoms with van der Waals surface area (Å²) in [6.45, 7) is 1.75. The van der Waals surface area contributed by atoms with Gasteiger partial charge >= 0.3 is 6.18 Å². The van der Waals surface area contributed by atoms with Crippen LogP contribution in [0.4, 0.5) is 13.2 Å². The van der Waals surface area contributed by atoms with Crippen LogP contribution in [0.25, 0.3) is 10.9 Å². The average Bonchev–Trinajstić information content (AvgIpc) is 3.08. The van der Waals surface area contributed by atoms with Gasteiger partial charge in [-0.05, 0) is 54.6 Å². The van der Waals surface area contributed by atoms with Crippen molar-refractivity contribution in [1.82, 2.24) is 15.3 Å². The number of pyridine rings is 1. The summed E-state index contributed by atoms with van der Waals surface area (Å²) in [6.07, 6.45) is -1.21. The third-order valence-electron chi connectivity index (χ3n) is 4.61. The van der Waals surface area contributed by atoms with Crippen LogP contribution in [-0.4, -0.2) is 33.4 Å². The zero-order chi connectivity index (χ0) is 21.2. The van der Waals surface area contributed by atoms with Gasteiger partial charge in [-0.3, -0.25) is 14.6 Å². The molecular formula is C21H20F3N3O2. The molecule has 2 aromatic heterocycles. The van der Waals surface area contributed by atoms with Crippen molar-refractivity contribution >= 4 is 22.6 Å². The largest absolute Gasteiger partial charge is 0.410 e. The fraction of sp³-hybridized carbons (Fsp3) is 0.286. The second-order valence-corrected chi connectivity index (χ2v) is 7.42. The SMILES string of the molecule is CC(C)(NC(=O)c1cc(CC(=O)Cc2ccc3cc[nH]c3c2)ccn1)C(F)(F)F. The van der Waals surface area contributed by atoms with Crippen LogP contribution < -0.4 is 5.32 Å². The summed E-state index contributed by atoms with van der Waals surface area (Å²) in [4.78, 5) is 31.5. The molecule has 0 saturated heterocycles. The molecule has 0 aliphatic heterocycles. The molecule has 0 aliphatic rings. The van der Waals surface area contributed by atoms with E-state index >= 15 is 0 Å². The standard InChI is InChI=1S/C21H20F3N3O2/c1-20(2,21(22,23)24)27-19(29)18-12-14(5-7-26-18)10-16(28)9-13-3-4-15-6-8-25-17(15)11-13/h3-8,11-12,25H,9-10H2,1-2H3,(H,27,29). The number of halogens is 3. The molecule has 1 amide bonds. The monoisotopic (exact) mass is 403 g/mol. The second-order valence-electron chi connectivity index (χ2n) is 7.42. The van der Waals surface area contributed by atoms with Crippen molar-refractivity contribution in [3.05, 3.63) is 65.6 Å². The van der Waals surface area contributed by atoms with Crippen molar-refractivity contribution in [2.45, 2.75) is 38.4 Å². The molecule has 152 valence electrons. The highest BCUT2D eigenvalue weighted by atomic mass is 19.4. The molecule has 29 heavy (non-hydrogen) atoms. The molecule has 0 radical (unpaired) electrons. The van der Waals surface area contributed by atoms with Gasteiger partial charge in [0.15, 0.2) is 0 Å². The Hall–Kier alpha value is -3.16. The summed E-state index contributed by atoms with van der Waals surface area (Å²) in [5, 5.41) is 2.98. The number of Topliss-reactive ketones (excluding diaryl/α,β-unsaturated/α-hetero) is 1. The number of fused-ring (bicyclic) bond motifs is 1. The first-order valence-corrected chi connectivity index (χ1v) is 8.97. The first-order valence-electron chi connectivity index (χ1n) is 8.97. The van der Waals surface area contributed by atoms with Crippen molar-refractivity contribution in [3.8, 4) is 0 Å². The molecule has 0 saturated carbocycles. The van der Waals surface area contributed by atoms with Crippen LogP contribution in [0.15, 0.2) is 48.8 Å². The number of nitrogens with one attached hydrogen (secondary N) is 2. The molecule has 0 bridgehead atoms. The number of alkyl halides is 3. The zero-order valence-corrected chi connectivity index (χ0v) is 15.9. The predicted molar refractivity (Wildman–Crippen MR) is 103 cm³/mol. The topological polar surface area (TPSA) is 74.8 Å². The highest BCUT2D eigenvalue weighted by Gasteiger charge is 2.48. The maximum Gasteiger partial charge on any atom is 0.410 e. The first kappa shape index (κ1) is 20.6. The van der Waals surface area contributed by atoms with E-state index in [1.165, 1.54) is 12.3 Å². The molecule has 8 heteroatoms. The highest BCUT2D eigenvalue weighted by molar-refractivity contribution is 5.93. The number of hydrogen-bond acceptors (Lipinski definition) is 3. The lowest BCUT2D eigenvalue weighted by atomic mass is 10.0. The van der Waals surface area contributed by atoms with Gasteiger partial charge in [-0.25, -0.2) is 0 Å². The van der Waals surface area contributed by atoms with Crippen molar-refractivity contribution < 1.29 is 22.8 Å². The van der Waals surface area contributed by atoms with Gasteiger partial charge in [-0.2, -0.15) is 13.2 Å². The maximum absolute atomic E-state index is 13.0. The Morgan fingerprint density at radius 1 is 1.03 bits per heavy atom. The number of rotatable bonds is 6. The number of carbonyl (C=O) groups excluding carboxylic acids is 2. The van der Waals surface area contributed by atoms with Crippen LogP contribution in [-0.2, 0) is 17.6 Å². The molecule has 0 fully saturated rings. The molecule has 2 heterocycles. The van der Waals surface area contributed by atoms with E-state index in [9.17, 15) is 22.8 Å². The Morgan fingerprint density at radius 3 is 2.41 bits per heavy atom. The Morgan fingerprint density at radius 2 is 1.72 bits per heavy atom. The van der Waals surface area contributed by atoms with Gasteiger partial charge in [-0.1, -0.05) is 12.1 Å². The normalized spacial score (nSPS) is 12.2. The van der Waals surface area contributed by atoms with Crippen LogP contribution in [0.2, 0.25) is 0 Å². The number of nitrogens with zero attached hydrogens (tertiary/aromatic N) is 1. The highest BCUT2D eigenvalue weighted by Crippen LogP contribution is 2.29. The summed E-state index contributed by atoms with van der Waals surface area (Å²) >= 11 is 0. The summed E-state index contributed by atoms with van der Waals surface area (Å²) in [7, 11) is 0. The van der Waals surface area contributed by atoms with E-state index in [0.717, 1.165) is 30.3 Å². The Kier molecular flexibility index (Phi) is 5.46. The summed E-state index contributed by atoms with van der Waals surface area (Å²) in [6, 6.07) is 10.5. The van der Waals surface area contributed by atoms with Gasteiger partial charge in [0, 0.05) is 30.8 Å². The molecule has 3 aromatic rings. The molecule has 0 spiro atoms. The van der Waals surface area contributed by atoms with E-state index in [0.29, 0.717) is 5.56 Å². The van der Waals surface area contributed by atoms with Crippen LogP contribution in [0.5, 0.6) is 0 Å². The fourth-order valence-electron chi connectivity index (χ4n) is 2.85. The Balaban J connectivity index is 1.67. The molecular weight excluding hydrogens is 383 g/mol. The molecule has 0 aliphatic carbocycles. The van der Waals surface area contributed by atoms with Crippen molar-refractivity contribution in [2.24, 2.45) is 0 Å². The lowest BCUT2D eigenvalue weighted by molar-refractivity contribution is -0.182. The van der Waals surface area contributed by atoms with E-state index < -0.39 is 17.6 Å². The van der Waals surface area contributed by atoms with Crippen LogP contribution in [0.3, 0.4) is 0 Å². The molecule has 1 aromatic carbocycles. The minimum absolute atomic E-state index is 0.0498. The van der Waals surface area contributed by atoms with Crippen LogP contribution >= 0.6 is 0 Å². The van der Waals surface area contributed by atoms with Crippen molar-refractivity contribution in [1.29, 1.82) is 0 Å². The maximum atomic E-state index is 13.0. The van der Waals surface area contributed by atoms with Gasteiger partial charge in [0.05, 0.1) is 0 Å². The number of hydrogen-bond donors (Lipinski definition) is 2. The van der Waals surface area contributed by atoms with Crippen LogP contribution in [0, 0.1) is 0 Å². The molecule has 2 N–H and O–H groups in total. The lowest BCUT2D eigenvalue weighted by Crippen LogP contribution is -2.54. The molecule has 5 nitrogen and oxygen atoms in total. The number of H-pyrrole nitrogens is 1. The predicted octanol–water partition coefficient (Wildman–Crippen LogP) is 3.99. The average molecular weight is 403 g/mol. The van der Waals surface area contributed by atoms with E-state index in [4.69, 9.17) is 0 Å². The number of aromatic amines is 1. The van der Waals surface area contributed by atoms with Gasteiger partial charge in [0.1, 0.15) is 17.0 Å². The van der Waals surface area contributed by atoms with Gasteiger partial charge < -0.3 is 10.3 Å². The Bertz CT molecular complexity index is 1050. The fourth-order valence-corrected chi connectivity index (χ4v) is 2.85. The third-order valence-corrected chi connectivity index (χ3v) is 4.61. The van der Waals surface area contributed by atoms with E-state index in [2.05, 4.69) is 9.97 Å². The number of ketones is 1. The zero-order valence-electron chi connectivity index (χ0n) is 15.9. The number of amides is 1. The van der Waals surface area contributed by atoms with E-state index in [-0.39, 0.29) is 24.3 Å².